The molecule has 0 aliphatic heterocycles. The third-order valence-corrected chi connectivity index (χ3v) is 1.67. The van der Waals surface area contributed by atoms with Crippen molar-refractivity contribution in [1.82, 2.24) is 4.98 Å². The second-order valence-corrected chi connectivity index (χ2v) is 2.53. The van der Waals surface area contributed by atoms with Crippen LogP contribution in [-0.2, 0) is 6.42 Å². The maximum absolute atomic E-state index is 4.07. The van der Waals surface area contributed by atoms with Gasteiger partial charge in [0.15, 0.2) is 0 Å². The number of hydrogen-bond donors (Lipinski definition) is 0. The van der Waals surface area contributed by atoms with Gasteiger partial charge in [-0.2, -0.15) is 0 Å². The van der Waals surface area contributed by atoms with Gasteiger partial charge in [0.1, 0.15) is 0 Å². The Morgan fingerprint density at radius 3 is 3.25 bits per heavy atom. The van der Waals surface area contributed by atoms with E-state index < -0.39 is 0 Å². The number of rotatable bonds is 2. The maximum Gasteiger partial charge on any atom is 0.0931 e. The monoisotopic (exact) mass is 126 g/mol. The Labute approximate surface area is 53.4 Å². The topological polar surface area (TPSA) is 12.9 Å². The minimum absolute atomic E-state index is 1.11. The van der Waals surface area contributed by atoms with Gasteiger partial charge in [0.2, 0.25) is 0 Å². The van der Waals surface area contributed by atoms with Crippen molar-refractivity contribution in [2.75, 3.05) is 0 Å². The minimum atomic E-state index is 1.11. The zero-order chi connectivity index (χ0) is 5.82. The molecule has 43 valence electrons. The highest BCUT2D eigenvalue weighted by atomic mass is 32.1. The standard InChI is InChI=1S/C6H8NS/c1-2-3-6-7-4-5-8-6/h4H,2-3H2,1H3. The molecule has 2 heteroatoms. The molecule has 0 fully saturated rings. The van der Waals surface area contributed by atoms with E-state index in [-0.39, 0.29) is 0 Å². The summed E-state index contributed by atoms with van der Waals surface area (Å²) in [6, 6.07) is 0. The fraction of sp³-hybridized carbons (Fsp3) is 0.500. The second kappa shape index (κ2) is 2.82. The van der Waals surface area contributed by atoms with Gasteiger partial charge in [-0.05, 0) is 12.8 Å². The van der Waals surface area contributed by atoms with Crippen LogP contribution in [0.2, 0.25) is 0 Å². The highest BCUT2D eigenvalue weighted by Gasteiger charge is 1.89. The molecule has 0 spiro atoms. The van der Waals surface area contributed by atoms with Crippen LogP contribution in [0, 0.1) is 5.38 Å². The summed E-state index contributed by atoms with van der Waals surface area (Å²) in [5.74, 6) is 0. The predicted molar refractivity (Wildman–Crippen MR) is 34.9 cm³/mol. The molecule has 0 aliphatic rings. The molecule has 0 saturated carbocycles. The van der Waals surface area contributed by atoms with E-state index in [9.17, 15) is 0 Å². The third-order valence-electron chi connectivity index (χ3n) is 0.902. The molecule has 0 aromatic carbocycles. The van der Waals surface area contributed by atoms with Crippen molar-refractivity contribution in [3.63, 3.8) is 0 Å². The van der Waals surface area contributed by atoms with Gasteiger partial charge in [0.05, 0.1) is 10.4 Å². The summed E-state index contributed by atoms with van der Waals surface area (Å²) in [7, 11) is 0. The number of thiazole rings is 1. The van der Waals surface area contributed by atoms with Gasteiger partial charge in [0.25, 0.3) is 0 Å². The molecule has 0 atom stereocenters. The number of aryl methyl sites for hydroxylation is 1. The van der Waals surface area contributed by atoms with E-state index in [1.54, 1.807) is 17.5 Å². The van der Waals surface area contributed by atoms with Crippen LogP contribution in [0.3, 0.4) is 0 Å². The Hall–Kier alpha value is -0.370. The SMILES string of the molecule is CCCc1nc[c]s1. The van der Waals surface area contributed by atoms with Crippen LogP contribution in [-0.4, -0.2) is 4.98 Å². The number of aromatic nitrogens is 1. The molecular weight excluding hydrogens is 118 g/mol. The van der Waals surface area contributed by atoms with Crippen LogP contribution in [0.25, 0.3) is 0 Å². The average Bonchev–Trinajstić information content (AvgIpc) is 2.19. The van der Waals surface area contributed by atoms with Crippen molar-refractivity contribution in [2.45, 2.75) is 19.8 Å². The van der Waals surface area contributed by atoms with E-state index >= 15 is 0 Å². The van der Waals surface area contributed by atoms with Crippen LogP contribution >= 0.6 is 11.3 Å². The molecule has 1 nitrogen and oxygen atoms in total. The summed E-state index contributed by atoms with van der Waals surface area (Å²) < 4.78 is 0. The summed E-state index contributed by atoms with van der Waals surface area (Å²) >= 11 is 1.61. The van der Waals surface area contributed by atoms with Crippen LogP contribution < -0.4 is 0 Å². The van der Waals surface area contributed by atoms with Crippen LogP contribution in [0.5, 0.6) is 0 Å². The Morgan fingerprint density at radius 1 is 1.88 bits per heavy atom. The molecule has 0 aliphatic carbocycles. The summed E-state index contributed by atoms with van der Waals surface area (Å²) in [6.07, 6.45) is 4.02. The molecule has 1 aromatic rings. The third kappa shape index (κ3) is 1.30. The quantitative estimate of drug-likeness (QED) is 0.589. The highest BCUT2D eigenvalue weighted by Crippen LogP contribution is 2.04. The molecule has 0 saturated heterocycles. The summed E-state index contributed by atoms with van der Waals surface area (Å²) in [5.41, 5.74) is 0. The van der Waals surface area contributed by atoms with E-state index in [1.807, 2.05) is 0 Å². The van der Waals surface area contributed by atoms with Crippen LogP contribution in [0.1, 0.15) is 18.4 Å². The van der Waals surface area contributed by atoms with Crippen molar-refractivity contribution >= 4 is 11.3 Å². The van der Waals surface area contributed by atoms with E-state index in [2.05, 4.69) is 17.3 Å². The lowest BCUT2D eigenvalue weighted by atomic mass is 10.4. The molecular formula is C6H8NS. The van der Waals surface area contributed by atoms with Crippen molar-refractivity contribution in [3.8, 4) is 0 Å². The first-order chi connectivity index (χ1) is 3.93. The van der Waals surface area contributed by atoms with Crippen molar-refractivity contribution < 1.29 is 0 Å². The fourth-order valence-electron chi connectivity index (χ4n) is 0.549. The minimum Gasteiger partial charge on any atom is -0.249 e. The van der Waals surface area contributed by atoms with Crippen molar-refractivity contribution in [2.24, 2.45) is 0 Å². The molecule has 0 N–H and O–H groups in total. The van der Waals surface area contributed by atoms with E-state index in [1.165, 1.54) is 11.4 Å². The highest BCUT2D eigenvalue weighted by molar-refractivity contribution is 7.09. The van der Waals surface area contributed by atoms with Gasteiger partial charge in [-0.1, -0.05) is 6.92 Å². The summed E-state index contributed by atoms with van der Waals surface area (Å²) in [4.78, 5) is 4.07. The Bertz CT molecular complexity index is 134. The normalized spacial score (nSPS) is 9.62. The fourth-order valence-corrected chi connectivity index (χ4v) is 1.20. The summed E-state index contributed by atoms with van der Waals surface area (Å²) in [5, 5.41) is 4.15. The second-order valence-electron chi connectivity index (χ2n) is 1.62. The van der Waals surface area contributed by atoms with E-state index in [0.29, 0.717) is 0 Å². The number of nitrogens with zero attached hydrogens (tertiary/aromatic N) is 1. The largest absolute Gasteiger partial charge is 0.249 e. The molecule has 1 aromatic heterocycles. The van der Waals surface area contributed by atoms with Gasteiger partial charge >= 0.3 is 0 Å². The van der Waals surface area contributed by atoms with Gasteiger partial charge in [0, 0.05) is 6.20 Å². The van der Waals surface area contributed by atoms with Gasteiger partial charge in [-0.15, -0.1) is 11.3 Å². The first kappa shape index (κ1) is 5.76. The molecule has 1 radical (unpaired) electrons. The first-order valence-electron chi connectivity index (χ1n) is 2.74. The maximum atomic E-state index is 4.07. The zero-order valence-corrected chi connectivity index (χ0v) is 5.66. The van der Waals surface area contributed by atoms with Gasteiger partial charge in [-0.3, -0.25) is 0 Å². The van der Waals surface area contributed by atoms with Gasteiger partial charge in [-0.25, -0.2) is 4.98 Å². The Morgan fingerprint density at radius 2 is 2.75 bits per heavy atom. The first-order valence-corrected chi connectivity index (χ1v) is 3.56. The average molecular weight is 126 g/mol. The molecule has 8 heavy (non-hydrogen) atoms. The molecule has 0 bridgehead atoms. The Kier molecular flexibility index (Phi) is 2.03. The van der Waals surface area contributed by atoms with Crippen molar-refractivity contribution in [1.29, 1.82) is 0 Å². The zero-order valence-electron chi connectivity index (χ0n) is 4.85. The lowest BCUT2D eigenvalue weighted by molar-refractivity contribution is 0.909. The number of hydrogen-bond acceptors (Lipinski definition) is 2. The Balaban J connectivity index is 2.50. The van der Waals surface area contributed by atoms with Crippen LogP contribution in [0.15, 0.2) is 6.20 Å². The van der Waals surface area contributed by atoms with E-state index in [4.69, 9.17) is 0 Å². The van der Waals surface area contributed by atoms with Crippen LogP contribution in [0.4, 0.5) is 0 Å². The molecule has 0 amide bonds. The molecule has 1 rings (SSSR count). The molecule has 0 unspecified atom stereocenters. The van der Waals surface area contributed by atoms with Crippen molar-refractivity contribution in [3.05, 3.63) is 16.6 Å². The van der Waals surface area contributed by atoms with E-state index in [0.717, 1.165) is 6.42 Å². The van der Waals surface area contributed by atoms with Gasteiger partial charge < -0.3 is 0 Å². The molecule has 1 heterocycles. The summed E-state index contributed by atoms with van der Waals surface area (Å²) in [6.45, 7) is 2.15. The predicted octanol–water partition coefficient (Wildman–Crippen LogP) is 1.90. The lowest BCUT2D eigenvalue weighted by Gasteiger charge is -1.84. The smallest absolute Gasteiger partial charge is 0.0931 e. The lowest BCUT2D eigenvalue weighted by Crippen LogP contribution is -1.76.